The first-order chi connectivity index (χ1) is 16.5. The molecule has 0 saturated carbocycles. The summed E-state index contributed by atoms with van der Waals surface area (Å²) in [7, 11) is 1.90. The lowest BCUT2D eigenvalue weighted by Crippen LogP contribution is -2.26. The number of hydrogen-bond acceptors (Lipinski definition) is 8. The third-order valence-corrected chi connectivity index (χ3v) is 5.07. The number of anilines is 1. The van der Waals surface area contributed by atoms with E-state index in [2.05, 4.69) is 26.3 Å². The van der Waals surface area contributed by atoms with Crippen LogP contribution < -0.4 is 19.5 Å². The summed E-state index contributed by atoms with van der Waals surface area (Å²) >= 11 is 0. The Kier molecular flexibility index (Phi) is 5.27. The summed E-state index contributed by atoms with van der Waals surface area (Å²) in [5.74, 6) is 1.46. The van der Waals surface area contributed by atoms with E-state index in [1.165, 1.54) is 0 Å². The van der Waals surface area contributed by atoms with Gasteiger partial charge in [0, 0.05) is 25.0 Å². The molecular formula is C24H18N6O4. The van der Waals surface area contributed by atoms with E-state index >= 15 is 0 Å². The second kappa shape index (κ2) is 8.55. The fraction of sp³-hybridized carbons (Fsp3) is 0.125. The van der Waals surface area contributed by atoms with Crippen molar-refractivity contribution < 1.29 is 19.0 Å². The number of nitrogens with zero attached hydrogens (tertiary/aromatic N) is 5. The van der Waals surface area contributed by atoms with Gasteiger partial charge in [-0.3, -0.25) is 4.79 Å². The van der Waals surface area contributed by atoms with Crippen LogP contribution in [-0.2, 0) is 11.8 Å². The first-order valence-electron chi connectivity index (χ1n) is 10.3. The zero-order chi connectivity index (χ0) is 23.7. The molecular weight excluding hydrogens is 436 g/mol. The molecule has 4 aromatic rings. The van der Waals surface area contributed by atoms with Gasteiger partial charge in [-0.15, -0.1) is 0 Å². The summed E-state index contributed by atoms with van der Waals surface area (Å²) < 4.78 is 19.3. The molecule has 1 aliphatic heterocycles. The predicted molar refractivity (Wildman–Crippen MR) is 121 cm³/mol. The Hall–Kier alpha value is -4.91. The molecule has 2 aromatic carbocycles. The van der Waals surface area contributed by atoms with Crippen LogP contribution in [0.5, 0.6) is 29.3 Å². The number of aryl methyl sites for hydroxylation is 2. The molecule has 34 heavy (non-hydrogen) atoms. The Bertz CT molecular complexity index is 1460. The number of carbonyl (C=O) groups excluding carboxylic acids is 1. The van der Waals surface area contributed by atoms with E-state index in [0.29, 0.717) is 17.1 Å². The van der Waals surface area contributed by atoms with Gasteiger partial charge < -0.3 is 24.1 Å². The van der Waals surface area contributed by atoms with Crippen LogP contribution in [0.1, 0.15) is 11.1 Å². The van der Waals surface area contributed by atoms with Crippen LogP contribution in [0, 0.1) is 18.3 Å². The smallest absolute Gasteiger partial charge is 0.328 e. The average molecular weight is 454 g/mol. The van der Waals surface area contributed by atoms with Gasteiger partial charge in [0.15, 0.2) is 12.3 Å². The zero-order valence-corrected chi connectivity index (χ0v) is 18.3. The van der Waals surface area contributed by atoms with Gasteiger partial charge in [-0.05, 0) is 36.8 Å². The van der Waals surface area contributed by atoms with Crippen LogP contribution in [-0.4, -0.2) is 32.0 Å². The largest absolute Gasteiger partial charge is 0.466 e. The van der Waals surface area contributed by atoms with E-state index in [0.717, 1.165) is 17.0 Å². The Morgan fingerprint density at radius 2 is 2.06 bits per heavy atom. The SMILES string of the molecule is Cc1ccc(C#N)cc1Oc1nc(Oc2cccc(-c3nccn3C)c2)nc2c1NC(=O)CO2. The molecule has 0 atom stereocenters. The molecule has 10 heteroatoms. The maximum Gasteiger partial charge on any atom is 0.328 e. The number of rotatable bonds is 5. The van der Waals surface area contributed by atoms with Gasteiger partial charge in [-0.2, -0.15) is 15.2 Å². The molecule has 168 valence electrons. The van der Waals surface area contributed by atoms with Crippen molar-refractivity contribution in [2.45, 2.75) is 6.92 Å². The Morgan fingerprint density at radius 3 is 2.85 bits per heavy atom. The summed E-state index contributed by atoms with van der Waals surface area (Å²) in [5, 5.41) is 11.9. The lowest BCUT2D eigenvalue weighted by Gasteiger charge is -2.20. The summed E-state index contributed by atoms with van der Waals surface area (Å²) in [6.45, 7) is 1.64. The number of hydrogen-bond donors (Lipinski definition) is 1. The predicted octanol–water partition coefficient (Wildman–Crippen LogP) is 3.97. The lowest BCUT2D eigenvalue weighted by molar-refractivity contribution is -0.118. The molecule has 0 aliphatic carbocycles. The monoisotopic (exact) mass is 454 g/mol. The number of imidazole rings is 1. The van der Waals surface area contributed by atoms with Crippen molar-refractivity contribution in [3.05, 3.63) is 66.0 Å². The number of amides is 1. The summed E-state index contributed by atoms with van der Waals surface area (Å²) in [4.78, 5) is 24.9. The van der Waals surface area contributed by atoms with E-state index in [1.54, 1.807) is 30.5 Å². The number of carbonyl (C=O) groups is 1. The maximum atomic E-state index is 11.9. The number of fused-ring (bicyclic) bond motifs is 1. The number of aromatic nitrogens is 4. The minimum atomic E-state index is -0.361. The minimum absolute atomic E-state index is 0.0315. The van der Waals surface area contributed by atoms with Crippen LogP contribution in [0.4, 0.5) is 5.69 Å². The van der Waals surface area contributed by atoms with Crippen LogP contribution in [0.15, 0.2) is 54.9 Å². The molecule has 1 amide bonds. The lowest BCUT2D eigenvalue weighted by atomic mass is 10.1. The fourth-order valence-electron chi connectivity index (χ4n) is 3.37. The summed E-state index contributed by atoms with van der Waals surface area (Å²) in [5.41, 5.74) is 2.24. The van der Waals surface area contributed by atoms with E-state index < -0.39 is 0 Å². The molecule has 0 fully saturated rings. The number of benzene rings is 2. The molecule has 0 unspecified atom stereocenters. The van der Waals surface area contributed by atoms with Gasteiger partial charge in [0.25, 0.3) is 11.8 Å². The van der Waals surface area contributed by atoms with Crippen LogP contribution >= 0.6 is 0 Å². The van der Waals surface area contributed by atoms with E-state index in [1.807, 2.05) is 42.9 Å². The van der Waals surface area contributed by atoms with Crippen molar-refractivity contribution in [2.75, 3.05) is 11.9 Å². The molecule has 0 spiro atoms. The van der Waals surface area contributed by atoms with Gasteiger partial charge in [0.1, 0.15) is 17.3 Å². The zero-order valence-electron chi connectivity index (χ0n) is 18.3. The molecule has 0 saturated heterocycles. The second-order valence-electron chi connectivity index (χ2n) is 7.51. The highest BCUT2D eigenvalue weighted by atomic mass is 16.5. The van der Waals surface area contributed by atoms with E-state index in [4.69, 9.17) is 14.2 Å². The molecule has 0 radical (unpaired) electrons. The molecule has 1 N–H and O–H groups in total. The van der Waals surface area contributed by atoms with Gasteiger partial charge in [0.05, 0.1) is 11.6 Å². The van der Waals surface area contributed by atoms with Crippen molar-refractivity contribution >= 4 is 11.6 Å². The third-order valence-electron chi connectivity index (χ3n) is 5.07. The van der Waals surface area contributed by atoms with Crippen molar-refractivity contribution in [1.29, 1.82) is 5.26 Å². The van der Waals surface area contributed by atoms with Gasteiger partial charge in [0.2, 0.25) is 5.88 Å². The number of nitrogens with one attached hydrogen (secondary N) is 1. The summed E-state index contributed by atoms with van der Waals surface area (Å²) in [6.07, 6.45) is 3.57. The molecule has 0 bridgehead atoms. The van der Waals surface area contributed by atoms with Gasteiger partial charge in [-0.1, -0.05) is 18.2 Å². The highest BCUT2D eigenvalue weighted by Crippen LogP contribution is 2.39. The van der Waals surface area contributed by atoms with E-state index in [9.17, 15) is 10.1 Å². The standard InChI is InChI=1S/C24H18N6O4/c1-14-6-7-15(12-25)10-18(14)34-23-20-22(32-13-19(31)27-20)28-24(29-23)33-17-5-3-4-16(11-17)21-26-8-9-30(21)2/h3-11H,13H2,1-2H3,(H,27,31). The van der Waals surface area contributed by atoms with Crippen LogP contribution in [0.3, 0.4) is 0 Å². The van der Waals surface area contributed by atoms with Gasteiger partial charge in [-0.25, -0.2) is 4.98 Å². The van der Waals surface area contributed by atoms with Crippen molar-refractivity contribution in [3.8, 4) is 46.7 Å². The molecule has 10 nitrogen and oxygen atoms in total. The molecule has 1 aliphatic rings. The molecule has 2 aromatic heterocycles. The fourth-order valence-corrected chi connectivity index (χ4v) is 3.37. The Labute approximate surface area is 194 Å². The molecule has 5 rings (SSSR count). The van der Waals surface area contributed by atoms with Crippen molar-refractivity contribution in [1.82, 2.24) is 19.5 Å². The summed E-state index contributed by atoms with van der Waals surface area (Å²) in [6, 6.07) is 14.4. The Morgan fingerprint density at radius 1 is 1.18 bits per heavy atom. The molecule has 3 heterocycles. The maximum absolute atomic E-state index is 11.9. The minimum Gasteiger partial charge on any atom is -0.466 e. The first kappa shape index (κ1) is 21.0. The van der Waals surface area contributed by atoms with Crippen molar-refractivity contribution in [2.24, 2.45) is 7.05 Å². The normalized spacial score (nSPS) is 12.2. The highest BCUT2D eigenvalue weighted by Gasteiger charge is 2.26. The van der Waals surface area contributed by atoms with Crippen molar-refractivity contribution in [3.63, 3.8) is 0 Å². The number of ether oxygens (including phenoxy) is 3. The first-order valence-corrected chi connectivity index (χ1v) is 10.3. The highest BCUT2D eigenvalue weighted by molar-refractivity contribution is 5.96. The third kappa shape index (κ3) is 4.10. The quantitative estimate of drug-likeness (QED) is 0.480. The van der Waals surface area contributed by atoms with Crippen LogP contribution in [0.25, 0.3) is 11.4 Å². The topological polar surface area (TPSA) is 124 Å². The van der Waals surface area contributed by atoms with Gasteiger partial charge >= 0.3 is 6.01 Å². The average Bonchev–Trinajstić information content (AvgIpc) is 3.27. The van der Waals surface area contributed by atoms with E-state index in [-0.39, 0.29) is 36.0 Å². The van der Waals surface area contributed by atoms with Crippen LogP contribution in [0.2, 0.25) is 0 Å². The number of nitriles is 1. The Balaban J connectivity index is 1.52. The second-order valence-corrected chi connectivity index (χ2v) is 7.51.